The normalized spacial score (nSPS) is 28.4. The fourth-order valence-electron chi connectivity index (χ4n) is 0.989. The third-order valence-corrected chi connectivity index (χ3v) is 2.48. The first-order valence-corrected chi connectivity index (χ1v) is 4.88. The first-order valence-electron chi connectivity index (χ1n) is 3.97. The molecule has 13 heavy (non-hydrogen) atoms. The molecule has 4 nitrogen and oxygen atoms in total. The van der Waals surface area contributed by atoms with E-state index in [2.05, 4.69) is 15.9 Å². The first-order chi connectivity index (χ1) is 6.20. The summed E-state index contributed by atoms with van der Waals surface area (Å²) in [7, 11) is 0. The lowest BCUT2D eigenvalue weighted by Crippen LogP contribution is -2.19. The first kappa shape index (κ1) is 10.7. The molecule has 2 atom stereocenters. The van der Waals surface area contributed by atoms with E-state index in [1.54, 1.807) is 0 Å². The SMILES string of the molecule is O=C(O)/C=C/COC1OCCC1Br. The number of carboxylic acid groups (broad SMARTS) is 1. The lowest BCUT2D eigenvalue weighted by molar-refractivity contribution is -0.131. The van der Waals surface area contributed by atoms with Crippen molar-refractivity contribution in [2.75, 3.05) is 13.2 Å². The summed E-state index contributed by atoms with van der Waals surface area (Å²) in [5.74, 6) is -0.966. The summed E-state index contributed by atoms with van der Waals surface area (Å²) in [6, 6.07) is 0. The number of aliphatic carboxylic acids is 1. The van der Waals surface area contributed by atoms with Gasteiger partial charge in [-0.1, -0.05) is 22.0 Å². The number of ether oxygens (including phenoxy) is 2. The number of carbonyl (C=O) groups is 1. The summed E-state index contributed by atoms with van der Waals surface area (Å²) < 4.78 is 10.5. The zero-order chi connectivity index (χ0) is 9.68. The van der Waals surface area contributed by atoms with Gasteiger partial charge in [0.1, 0.15) is 0 Å². The van der Waals surface area contributed by atoms with E-state index in [-0.39, 0.29) is 17.7 Å². The minimum atomic E-state index is -0.966. The van der Waals surface area contributed by atoms with Crippen LogP contribution in [-0.4, -0.2) is 35.4 Å². The lowest BCUT2D eigenvalue weighted by atomic mass is 10.4. The van der Waals surface area contributed by atoms with Crippen LogP contribution in [-0.2, 0) is 14.3 Å². The number of halogens is 1. The summed E-state index contributed by atoms with van der Waals surface area (Å²) in [4.78, 5) is 10.3. The Morgan fingerprint density at radius 3 is 3.08 bits per heavy atom. The van der Waals surface area contributed by atoms with Gasteiger partial charge in [-0.25, -0.2) is 4.79 Å². The van der Waals surface area contributed by atoms with Crippen LogP contribution in [0, 0.1) is 0 Å². The molecule has 1 rings (SSSR count). The van der Waals surface area contributed by atoms with Crippen molar-refractivity contribution in [3.63, 3.8) is 0 Å². The van der Waals surface area contributed by atoms with Crippen molar-refractivity contribution in [1.82, 2.24) is 0 Å². The van der Waals surface area contributed by atoms with Gasteiger partial charge in [0.05, 0.1) is 18.0 Å². The van der Waals surface area contributed by atoms with Crippen molar-refractivity contribution in [1.29, 1.82) is 0 Å². The molecule has 1 fully saturated rings. The van der Waals surface area contributed by atoms with Crippen molar-refractivity contribution in [2.45, 2.75) is 17.5 Å². The second-order valence-electron chi connectivity index (χ2n) is 2.62. The van der Waals surface area contributed by atoms with Crippen LogP contribution in [0.1, 0.15) is 6.42 Å². The molecule has 1 aliphatic heterocycles. The van der Waals surface area contributed by atoms with Crippen LogP contribution in [0.15, 0.2) is 12.2 Å². The van der Waals surface area contributed by atoms with Crippen molar-refractivity contribution >= 4 is 21.9 Å². The average Bonchev–Trinajstić information content (AvgIpc) is 2.45. The molecular formula is C8H11BrO4. The molecule has 0 aliphatic carbocycles. The van der Waals surface area contributed by atoms with Crippen LogP contribution in [0.2, 0.25) is 0 Å². The molecule has 1 N–H and O–H groups in total. The van der Waals surface area contributed by atoms with Gasteiger partial charge in [-0.3, -0.25) is 0 Å². The third kappa shape index (κ3) is 3.89. The minimum Gasteiger partial charge on any atom is -0.478 e. The molecule has 0 saturated carbocycles. The Hall–Kier alpha value is -0.390. The van der Waals surface area contributed by atoms with E-state index in [1.807, 2.05) is 0 Å². The molecule has 0 aromatic rings. The highest BCUT2D eigenvalue weighted by molar-refractivity contribution is 9.09. The van der Waals surface area contributed by atoms with Crippen LogP contribution in [0.5, 0.6) is 0 Å². The van der Waals surface area contributed by atoms with Crippen molar-refractivity contribution < 1.29 is 19.4 Å². The van der Waals surface area contributed by atoms with Gasteiger partial charge in [0.15, 0.2) is 6.29 Å². The molecule has 1 heterocycles. The van der Waals surface area contributed by atoms with Crippen LogP contribution < -0.4 is 0 Å². The van der Waals surface area contributed by atoms with Crippen LogP contribution in [0.3, 0.4) is 0 Å². The van der Waals surface area contributed by atoms with E-state index in [1.165, 1.54) is 6.08 Å². The summed E-state index contributed by atoms with van der Waals surface area (Å²) in [5, 5.41) is 8.27. The Balaban J connectivity index is 2.15. The smallest absolute Gasteiger partial charge is 0.328 e. The Labute approximate surface area is 84.6 Å². The number of carboxylic acids is 1. The van der Waals surface area contributed by atoms with E-state index in [0.29, 0.717) is 6.61 Å². The topological polar surface area (TPSA) is 55.8 Å². The molecule has 5 heteroatoms. The summed E-state index contributed by atoms with van der Waals surface area (Å²) in [5.41, 5.74) is 0. The van der Waals surface area contributed by atoms with Gasteiger partial charge in [0.25, 0.3) is 0 Å². The predicted octanol–water partition coefficient (Wildman–Crippen LogP) is 1.15. The standard InChI is InChI=1S/C8H11BrO4/c9-6-3-5-13-8(6)12-4-1-2-7(10)11/h1-2,6,8H,3-5H2,(H,10,11)/b2-1+. The molecule has 1 aliphatic rings. The number of rotatable bonds is 4. The van der Waals surface area contributed by atoms with Gasteiger partial charge < -0.3 is 14.6 Å². The molecule has 1 saturated heterocycles. The summed E-state index contributed by atoms with van der Waals surface area (Å²) in [6.07, 6.45) is 3.17. The summed E-state index contributed by atoms with van der Waals surface area (Å²) in [6.45, 7) is 0.947. The van der Waals surface area contributed by atoms with Crippen molar-refractivity contribution in [3.8, 4) is 0 Å². The van der Waals surface area contributed by atoms with E-state index in [9.17, 15) is 4.79 Å². The van der Waals surface area contributed by atoms with Gasteiger partial charge in [0.2, 0.25) is 0 Å². The average molecular weight is 251 g/mol. The van der Waals surface area contributed by atoms with Crippen LogP contribution in [0.4, 0.5) is 0 Å². The Morgan fingerprint density at radius 2 is 2.54 bits per heavy atom. The molecule has 0 amide bonds. The largest absolute Gasteiger partial charge is 0.478 e. The second-order valence-corrected chi connectivity index (χ2v) is 3.79. The highest BCUT2D eigenvalue weighted by Crippen LogP contribution is 2.21. The minimum absolute atomic E-state index is 0.214. The molecule has 0 spiro atoms. The maximum atomic E-state index is 10.1. The van der Waals surface area contributed by atoms with Crippen molar-refractivity contribution in [2.24, 2.45) is 0 Å². The lowest BCUT2D eigenvalue weighted by Gasteiger charge is -2.12. The van der Waals surface area contributed by atoms with E-state index >= 15 is 0 Å². The van der Waals surface area contributed by atoms with Gasteiger partial charge >= 0.3 is 5.97 Å². The number of hydrogen-bond acceptors (Lipinski definition) is 3. The maximum absolute atomic E-state index is 10.1. The van der Waals surface area contributed by atoms with E-state index < -0.39 is 5.97 Å². The number of hydrogen-bond donors (Lipinski definition) is 1. The van der Waals surface area contributed by atoms with Gasteiger partial charge in [-0.15, -0.1) is 0 Å². The predicted molar refractivity (Wildman–Crippen MR) is 49.8 cm³/mol. The fraction of sp³-hybridized carbons (Fsp3) is 0.625. The van der Waals surface area contributed by atoms with Gasteiger partial charge in [-0.2, -0.15) is 0 Å². The summed E-state index contributed by atoms with van der Waals surface area (Å²) >= 11 is 3.40. The quantitative estimate of drug-likeness (QED) is 0.601. The zero-order valence-corrected chi connectivity index (χ0v) is 8.57. The maximum Gasteiger partial charge on any atom is 0.328 e. The third-order valence-electron chi connectivity index (χ3n) is 1.59. The van der Waals surface area contributed by atoms with Gasteiger partial charge in [0, 0.05) is 6.08 Å². The number of alkyl halides is 1. The Bertz CT molecular complexity index is 204. The monoisotopic (exact) mass is 250 g/mol. The highest BCUT2D eigenvalue weighted by atomic mass is 79.9. The molecule has 74 valence electrons. The molecule has 0 radical (unpaired) electrons. The van der Waals surface area contributed by atoms with Crippen LogP contribution in [0.25, 0.3) is 0 Å². The van der Waals surface area contributed by atoms with E-state index in [0.717, 1.165) is 12.5 Å². The molecule has 0 aromatic heterocycles. The van der Waals surface area contributed by atoms with Crippen molar-refractivity contribution in [3.05, 3.63) is 12.2 Å². The van der Waals surface area contributed by atoms with Gasteiger partial charge in [-0.05, 0) is 6.42 Å². The molecule has 0 aromatic carbocycles. The Kier molecular flexibility index (Phi) is 4.41. The Morgan fingerprint density at radius 1 is 1.77 bits per heavy atom. The zero-order valence-electron chi connectivity index (χ0n) is 6.98. The second kappa shape index (κ2) is 5.36. The molecule has 0 bridgehead atoms. The molecule has 2 unspecified atom stereocenters. The highest BCUT2D eigenvalue weighted by Gasteiger charge is 2.25. The molecular weight excluding hydrogens is 240 g/mol. The fourth-order valence-corrected chi connectivity index (χ4v) is 1.48. The van der Waals surface area contributed by atoms with Crippen LogP contribution >= 0.6 is 15.9 Å². The van der Waals surface area contributed by atoms with E-state index in [4.69, 9.17) is 14.6 Å².